The summed E-state index contributed by atoms with van der Waals surface area (Å²) in [5.41, 5.74) is 7.31. The number of benzene rings is 1. The molecular formula is C21H22N4O6. The van der Waals surface area contributed by atoms with Crippen LogP contribution in [0, 0.1) is 0 Å². The van der Waals surface area contributed by atoms with Crippen molar-refractivity contribution in [1.29, 1.82) is 0 Å². The molecule has 31 heavy (non-hydrogen) atoms. The van der Waals surface area contributed by atoms with Gasteiger partial charge in [0, 0.05) is 24.1 Å². The summed E-state index contributed by atoms with van der Waals surface area (Å²) in [4.78, 5) is 29.6. The molecule has 1 aliphatic rings. The van der Waals surface area contributed by atoms with Crippen molar-refractivity contribution in [2.24, 2.45) is 0 Å². The van der Waals surface area contributed by atoms with Gasteiger partial charge in [-0.2, -0.15) is 0 Å². The van der Waals surface area contributed by atoms with E-state index in [4.69, 9.17) is 10.5 Å². The molecule has 10 nitrogen and oxygen atoms in total. The number of nitrogen functional groups attached to an aromatic ring is 1. The van der Waals surface area contributed by atoms with Crippen LogP contribution in [0.4, 0.5) is 5.69 Å². The molecule has 1 aromatic carbocycles. The second-order valence-corrected chi connectivity index (χ2v) is 7.32. The van der Waals surface area contributed by atoms with Crippen molar-refractivity contribution in [3.05, 3.63) is 81.4 Å². The molecule has 0 bridgehead atoms. The summed E-state index contributed by atoms with van der Waals surface area (Å²) in [6.07, 6.45) is -2.29. The summed E-state index contributed by atoms with van der Waals surface area (Å²) in [5.74, 6) is 0. The number of aromatic nitrogens is 3. The highest BCUT2D eigenvalue weighted by Gasteiger charge is 2.43. The molecule has 4 unspecified atom stereocenters. The van der Waals surface area contributed by atoms with Gasteiger partial charge in [0.15, 0.2) is 6.23 Å². The standard InChI is InChI=1S/C21H22N4O6/c22-14-3-1-12(2-4-14)13-5-7-23-15(9-13)10-25-17(27)6-8-24(21(25)30)20-19(29)18(28)16(11-26)31-20/h1-9,16,18-20,26,28-29H,10-11,22H2. The van der Waals surface area contributed by atoms with E-state index in [2.05, 4.69) is 4.98 Å². The highest BCUT2D eigenvalue weighted by atomic mass is 16.6. The molecule has 3 aromatic rings. The van der Waals surface area contributed by atoms with Gasteiger partial charge in [-0.3, -0.25) is 18.9 Å². The number of aliphatic hydroxyl groups excluding tert-OH is 3. The average molecular weight is 426 g/mol. The van der Waals surface area contributed by atoms with Crippen molar-refractivity contribution in [3.63, 3.8) is 0 Å². The van der Waals surface area contributed by atoms with Crippen LogP contribution in [-0.4, -0.2) is 54.4 Å². The minimum atomic E-state index is -1.44. The predicted molar refractivity (Wildman–Crippen MR) is 111 cm³/mol. The second kappa shape index (κ2) is 8.44. The van der Waals surface area contributed by atoms with Crippen LogP contribution >= 0.6 is 0 Å². The lowest BCUT2D eigenvalue weighted by Crippen LogP contribution is -2.43. The molecule has 0 radical (unpaired) electrons. The van der Waals surface area contributed by atoms with Crippen molar-refractivity contribution in [2.45, 2.75) is 31.1 Å². The number of anilines is 1. The normalized spacial score (nSPS) is 23.2. The maximum absolute atomic E-state index is 13.0. The number of hydrogen-bond donors (Lipinski definition) is 4. The fourth-order valence-electron chi connectivity index (χ4n) is 3.56. The third kappa shape index (κ3) is 4.01. The Morgan fingerprint density at radius 3 is 2.45 bits per heavy atom. The van der Waals surface area contributed by atoms with E-state index in [1.807, 2.05) is 12.1 Å². The summed E-state index contributed by atoms with van der Waals surface area (Å²) in [6.45, 7) is -0.624. The van der Waals surface area contributed by atoms with E-state index < -0.39 is 42.4 Å². The first-order valence-electron chi connectivity index (χ1n) is 9.64. The first-order chi connectivity index (χ1) is 14.9. The zero-order chi connectivity index (χ0) is 22.1. The van der Waals surface area contributed by atoms with Crippen LogP contribution in [0.5, 0.6) is 0 Å². The van der Waals surface area contributed by atoms with Crippen LogP contribution in [0.15, 0.2) is 64.4 Å². The predicted octanol–water partition coefficient (Wildman–Crippen LogP) is -0.686. The molecule has 4 atom stereocenters. The van der Waals surface area contributed by atoms with Crippen LogP contribution in [0.3, 0.4) is 0 Å². The molecule has 5 N–H and O–H groups in total. The Labute approximate surface area is 176 Å². The number of hydrogen-bond acceptors (Lipinski definition) is 8. The maximum Gasteiger partial charge on any atom is 0.333 e. The minimum Gasteiger partial charge on any atom is -0.399 e. The number of aliphatic hydroxyl groups is 3. The number of pyridine rings is 1. The average Bonchev–Trinajstić information content (AvgIpc) is 3.06. The largest absolute Gasteiger partial charge is 0.399 e. The van der Waals surface area contributed by atoms with Gasteiger partial charge in [0.25, 0.3) is 5.56 Å². The maximum atomic E-state index is 13.0. The molecular weight excluding hydrogens is 404 g/mol. The van der Waals surface area contributed by atoms with Crippen LogP contribution in [0.25, 0.3) is 11.1 Å². The Morgan fingerprint density at radius 1 is 1.03 bits per heavy atom. The van der Waals surface area contributed by atoms with E-state index in [0.717, 1.165) is 20.3 Å². The smallest absolute Gasteiger partial charge is 0.333 e. The number of nitrogens with zero attached hydrogens (tertiary/aromatic N) is 3. The molecule has 0 spiro atoms. The molecule has 4 rings (SSSR count). The second-order valence-electron chi connectivity index (χ2n) is 7.32. The minimum absolute atomic E-state index is 0.101. The Morgan fingerprint density at radius 2 is 1.77 bits per heavy atom. The van der Waals surface area contributed by atoms with Gasteiger partial charge < -0.3 is 25.8 Å². The SMILES string of the molecule is Nc1ccc(-c2ccnc(Cn3c(=O)ccn(C4OC(CO)C(O)C4O)c3=O)c2)cc1. The van der Waals surface area contributed by atoms with Gasteiger partial charge in [-0.25, -0.2) is 4.79 Å². The number of ether oxygens (including phenoxy) is 1. The molecule has 162 valence electrons. The molecule has 0 saturated carbocycles. The Kier molecular flexibility index (Phi) is 5.70. The summed E-state index contributed by atoms with van der Waals surface area (Å²) in [5, 5.41) is 29.4. The fraction of sp³-hybridized carbons (Fsp3) is 0.286. The molecule has 1 fully saturated rings. The van der Waals surface area contributed by atoms with Crippen molar-refractivity contribution < 1.29 is 20.1 Å². The first-order valence-corrected chi connectivity index (χ1v) is 9.64. The topological polar surface area (TPSA) is 153 Å². The molecule has 0 amide bonds. The lowest BCUT2D eigenvalue weighted by atomic mass is 10.1. The van der Waals surface area contributed by atoms with E-state index >= 15 is 0 Å². The number of nitrogens with two attached hydrogens (primary N) is 1. The zero-order valence-electron chi connectivity index (χ0n) is 16.4. The highest BCUT2D eigenvalue weighted by molar-refractivity contribution is 5.65. The lowest BCUT2D eigenvalue weighted by Gasteiger charge is -2.18. The Hall–Kier alpha value is -3.31. The Balaban J connectivity index is 1.66. The molecule has 3 heterocycles. The fourth-order valence-corrected chi connectivity index (χ4v) is 3.56. The Bertz CT molecular complexity index is 1190. The van der Waals surface area contributed by atoms with Crippen LogP contribution in [0.1, 0.15) is 11.9 Å². The third-order valence-electron chi connectivity index (χ3n) is 5.27. The van der Waals surface area contributed by atoms with Crippen molar-refractivity contribution >= 4 is 5.69 Å². The van der Waals surface area contributed by atoms with Gasteiger partial charge in [-0.15, -0.1) is 0 Å². The van der Waals surface area contributed by atoms with E-state index in [9.17, 15) is 24.9 Å². The van der Waals surface area contributed by atoms with E-state index in [-0.39, 0.29) is 6.54 Å². The molecule has 10 heteroatoms. The van der Waals surface area contributed by atoms with Gasteiger partial charge in [0.2, 0.25) is 0 Å². The summed E-state index contributed by atoms with van der Waals surface area (Å²) in [7, 11) is 0. The summed E-state index contributed by atoms with van der Waals surface area (Å²) >= 11 is 0. The van der Waals surface area contributed by atoms with Gasteiger partial charge in [0.1, 0.15) is 18.3 Å². The van der Waals surface area contributed by atoms with E-state index in [1.165, 1.54) is 12.3 Å². The quantitative estimate of drug-likeness (QED) is 0.391. The lowest BCUT2D eigenvalue weighted by molar-refractivity contribution is -0.0555. The first kappa shape index (κ1) is 20.9. The molecule has 2 aromatic heterocycles. The van der Waals surface area contributed by atoms with Crippen LogP contribution in [-0.2, 0) is 11.3 Å². The molecule has 0 aliphatic carbocycles. The summed E-state index contributed by atoms with van der Waals surface area (Å²) in [6, 6.07) is 12.0. The van der Waals surface area contributed by atoms with Crippen LogP contribution < -0.4 is 17.0 Å². The van der Waals surface area contributed by atoms with Crippen molar-refractivity contribution in [3.8, 4) is 11.1 Å². The highest BCUT2D eigenvalue weighted by Crippen LogP contribution is 2.28. The summed E-state index contributed by atoms with van der Waals surface area (Å²) < 4.78 is 7.39. The van der Waals surface area contributed by atoms with Gasteiger partial charge >= 0.3 is 5.69 Å². The monoisotopic (exact) mass is 426 g/mol. The van der Waals surface area contributed by atoms with Crippen LogP contribution in [0.2, 0.25) is 0 Å². The third-order valence-corrected chi connectivity index (χ3v) is 5.27. The molecule has 1 aliphatic heterocycles. The van der Waals surface area contributed by atoms with Crippen molar-refractivity contribution in [1.82, 2.24) is 14.1 Å². The van der Waals surface area contributed by atoms with Crippen molar-refractivity contribution in [2.75, 3.05) is 12.3 Å². The van der Waals surface area contributed by atoms with Gasteiger partial charge in [0.05, 0.1) is 18.8 Å². The molecule has 1 saturated heterocycles. The van der Waals surface area contributed by atoms with E-state index in [1.54, 1.807) is 30.5 Å². The van der Waals surface area contributed by atoms with Gasteiger partial charge in [-0.05, 0) is 35.4 Å². The van der Waals surface area contributed by atoms with Gasteiger partial charge in [-0.1, -0.05) is 12.1 Å². The number of rotatable bonds is 5. The zero-order valence-corrected chi connectivity index (χ0v) is 16.4. The van der Waals surface area contributed by atoms with E-state index in [0.29, 0.717) is 11.4 Å².